The van der Waals surface area contributed by atoms with Gasteiger partial charge in [0.25, 0.3) is 0 Å². The molecule has 0 radical (unpaired) electrons. The van der Waals surface area contributed by atoms with Crippen LogP contribution in [0.25, 0.3) is 0 Å². The molecule has 0 aromatic heterocycles. The van der Waals surface area contributed by atoms with Crippen LogP contribution in [-0.2, 0) is 20.4 Å². The molecule has 0 nitrogen and oxygen atoms in total. The van der Waals surface area contributed by atoms with E-state index < -0.39 is 8.80 Å². The first-order valence-corrected chi connectivity index (χ1v) is 20.8. The number of fused-ring (bicyclic) bond motifs is 3. The van der Waals surface area contributed by atoms with Gasteiger partial charge in [-0.05, 0) is 5.92 Å². The Morgan fingerprint density at radius 2 is 1.28 bits per heavy atom. The van der Waals surface area contributed by atoms with Crippen LogP contribution in [-0.4, -0.2) is 8.80 Å². The second-order valence-electron chi connectivity index (χ2n) is 14.0. The van der Waals surface area contributed by atoms with E-state index in [1.54, 1.807) is 11.2 Å². The van der Waals surface area contributed by atoms with Gasteiger partial charge in [-0.25, -0.2) is 0 Å². The maximum absolute atomic E-state index is 2.62. The van der Waals surface area contributed by atoms with E-state index in [2.05, 4.69) is 88.9 Å². The third-order valence-corrected chi connectivity index (χ3v) is 16.4. The van der Waals surface area contributed by atoms with Crippen LogP contribution in [0.15, 0.2) is 54.6 Å². The Morgan fingerprint density at radius 3 is 1.91 bits per heavy atom. The van der Waals surface area contributed by atoms with Gasteiger partial charge in [-0.2, -0.15) is 0 Å². The summed E-state index contributed by atoms with van der Waals surface area (Å²) in [6.07, 6.45) is 36.2. The fourth-order valence-electron chi connectivity index (χ4n) is 8.91. The van der Waals surface area contributed by atoms with Crippen molar-refractivity contribution >= 4 is 14.0 Å². The van der Waals surface area contributed by atoms with Gasteiger partial charge in [-0.1, -0.05) is 65.2 Å². The van der Waals surface area contributed by atoms with Crippen molar-refractivity contribution in [3.63, 3.8) is 0 Å². The van der Waals surface area contributed by atoms with Crippen molar-refractivity contribution in [1.82, 2.24) is 0 Å². The molecule has 4 rings (SSSR count). The van der Waals surface area contributed by atoms with E-state index in [0.29, 0.717) is 0 Å². The summed E-state index contributed by atoms with van der Waals surface area (Å²) >= 11 is 2.62. The molecule has 2 saturated carbocycles. The van der Waals surface area contributed by atoms with Gasteiger partial charge >= 0.3 is 193 Å². The van der Waals surface area contributed by atoms with Crippen molar-refractivity contribution in [3.05, 3.63) is 54.6 Å². The zero-order valence-corrected chi connectivity index (χ0v) is 32.4. The molecule has 1 aromatic rings. The zero-order chi connectivity index (χ0) is 28.0. The van der Waals surface area contributed by atoms with Gasteiger partial charge in [-0.15, -0.1) is 0 Å². The molecular formula is C38H61Cl3SiTi. The van der Waals surface area contributed by atoms with Crippen molar-refractivity contribution in [2.24, 2.45) is 29.6 Å². The van der Waals surface area contributed by atoms with Crippen molar-refractivity contribution in [3.8, 4) is 0 Å². The summed E-state index contributed by atoms with van der Waals surface area (Å²) in [4.78, 5) is 0. The van der Waals surface area contributed by atoms with E-state index in [9.17, 15) is 0 Å². The smallest absolute Gasteiger partial charge is 1.00 e. The van der Waals surface area contributed by atoms with Gasteiger partial charge in [0.05, 0.1) is 0 Å². The Morgan fingerprint density at radius 1 is 0.721 bits per heavy atom. The van der Waals surface area contributed by atoms with Gasteiger partial charge in [0.2, 0.25) is 0 Å². The first-order valence-electron chi connectivity index (χ1n) is 17.8. The number of rotatable bonds is 19. The molecule has 3 aliphatic carbocycles. The second kappa shape index (κ2) is 23.8. The van der Waals surface area contributed by atoms with Crippen LogP contribution < -0.4 is 42.4 Å². The van der Waals surface area contributed by atoms with Gasteiger partial charge < -0.3 is 37.2 Å². The molecule has 1 aromatic carbocycles. The Balaban J connectivity index is 0.00000308. The van der Waals surface area contributed by atoms with Crippen LogP contribution in [0, 0.1) is 29.6 Å². The van der Waals surface area contributed by atoms with E-state index in [0.717, 1.165) is 39.4 Å². The van der Waals surface area contributed by atoms with Crippen LogP contribution in [0.3, 0.4) is 0 Å². The third kappa shape index (κ3) is 12.9. The largest absolute Gasteiger partial charge is 1.00 e. The first kappa shape index (κ1) is 41.5. The predicted molar refractivity (Wildman–Crippen MR) is 176 cm³/mol. The van der Waals surface area contributed by atoms with Gasteiger partial charge in [0, 0.05) is 0 Å². The molecule has 0 spiro atoms. The Labute approximate surface area is 299 Å². The SMILES string of the molecule is CCCCCCCCCC(C)CCCCCCCC[SiH](c1ccccc1)C1CCCC2C3C=CC=CC3[CH]([Ti+3])C21.[Cl-].[Cl-].[Cl-]. The molecule has 0 N–H and O–H groups in total. The van der Waals surface area contributed by atoms with Gasteiger partial charge in [-0.3, -0.25) is 0 Å². The molecule has 2 fully saturated rings. The topological polar surface area (TPSA) is 0 Å². The molecule has 3 aliphatic rings. The number of unbranched alkanes of at least 4 members (excludes halogenated alkanes) is 11. The minimum Gasteiger partial charge on any atom is -1.00 e. The standard InChI is InChI=1S/C38H61Si.3ClH.Ti/c1-3-4-5-6-7-10-14-22-32(2)23-15-11-8-9-12-20-30-39(34-25-16-13-17-26-34)38-29-21-28-36-35-27-19-18-24-33(35)31-37(36)38;;;;/h13,16-19,24-27,31-33,35-39H,3-12,14-15,20-23,28-30H2,1-2H3;3*1H;/q;;;;+3/p-3. The first-order chi connectivity index (χ1) is 19.7. The molecule has 8 unspecified atom stereocenters. The number of halogens is 3. The maximum atomic E-state index is 2.62. The minimum atomic E-state index is -0.992. The van der Waals surface area contributed by atoms with Crippen LogP contribution >= 0.6 is 0 Å². The summed E-state index contributed by atoms with van der Waals surface area (Å²) in [6.45, 7) is 4.82. The maximum Gasteiger partial charge on any atom is -1.00 e. The molecule has 0 bridgehead atoms. The molecule has 242 valence electrons. The molecule has 8 atom stereocenters. The fraction of sp³-hybridized carbons (Fsp3) is 0.737. The molecule has 0 amide bonds. The fourth-order valence-corrected chi connectivity index (χ4v) is 15.0. The summed E-state index contributed by atoms with van der Waals surface area (Å²) in [6, 6.07) is 13.5. The summed E-state index contributed by atoms with van der Waals surface area (Å²) < 4.78 is 0.869. The number of allylic oxidation sites excluding steroid dienone is 4. The minimum absolute atomic E-state index is 0. The van der Waals surface area contributed by atoms with Crippen molar-refractivity contribution in [2.75, 3.05) is 0 Å². The molecule has 0 aliphatic heterocycles. The summed E-state index contributed by atoms with van der Waals surface area (Å²) in [5.74, 6) is 4.50. The molecule has 0 heterocycles. The van der Waals surface area contributed by atoms with E-state index in [4.69, 9.17) is 0 Å². The Kier molecular flexibility index (Phi) is 22.9. The normalized spacial score (nSPS) is 26.8. The van der Waals surface area contributed by atoms with Crippen molar-refractivity contribution in [1.29, 1.82) is 0 Å². The van der Waals surface area contributed by atoms with Crippen LogP contribution in [0.5, 0.6) is 0 Å². The van der Waals surface area contributed by atoms with Crippen LogP contribution in [0.4, 0.5) is 0 Å². The van der Waals surface area contributed by atoms with E-state index in [1.165, 1.54) is 116 Å². The third-order valence-electron chi connectivity index (χ3n) is 11.1. The van der Waals surface area contributed by atoms with Crippen LogP contribution in [0.2, 0.25) is 15.8 Å². The molecule has 5 heteroatoms. The summed E-state index contributed by atoms with van der Waals surface area (Å²) in [5.41, 5.74) is 1.02. The zero-order valence-electron chi connectivity index (χ0n) is 27.4. The Hall–Kier alpha value is 0.501. The summed E-state index contributed by atoms with van der Waals surface area (Å²) in [5, 5.41) is 1.77. The average Bonchev–Trinajstić information content (AvgIpc) is 3.28. The number of hydrogen-bond donors (Lipinski definition) is 0. The van der Waals surface area contributed by atoms with Gasteiger partial charge in [0.15, 0.2) is 0 Å². The predicted octanol–water partition coefficient (Wildman–Crippen LogP) is 2.13. The van der Waals surface area contributed by atoms with E-state index >= 15 is 0 Å². The van der Waals surface area contributed by atoms with Crippen LogP contribution in [0.1, 0.15) is 129 Å². The molecule has 43 heavy (non-hydrogen) atoms. The number of benzene rings is 1. The second-order valence-corrected chi connectivity index (χ2v) is 18.4. The average molecular weight is 700 g/mol. The van der Waals surface area contributed by atoms with Crippen molar-refractivity contribution < 1.29 is 57.7 Å². The van der Waals surface area contributed by atoms with E-state index in [1.807, 2.05) is 0 Å². The quantitative estimate of drug-likeness (QED) is 0.154. The molecular weight excluding hydrogens is 639 g/mol. The monoisotopic (exact) mass is 698 g/mol. The summed E-state index contributed by atoms with van der Waals surface area (Å²) in [7, 11) is -0.992. The van der Waals surface area contributed by atoms with Crippen molar-refractivity contribution in [2.45, 2.75) is 145 Å². The van der Waals surface area contributed by atoms with E-state index in [-0.39, 0.29) is 37.2 Å². The molecule has 0 saturated heterocycles. The van der Waals surface area contributed by atoms with Gasteiger partial charge in [0.1, 0.15) is 0 Å². The Bertz CT molecular complexity index is 877. The number of hydrogen-bond acceptors (Lipinski definition) is 0.